The molecule has 4 bridgehead atoms. The lowest BCUT2D eigenvalue weighted by molar-refractivity contribution is -0.310. The molecule has 12 heteroatoms. The number of ether oxygens (including phenoxy) is 7. The van der Waals surface area contributed by atoms with Crippen LogP contribution in [0.2, 0.25) is 0 Å². The summed E-state index contributed by atoms with van der Waals surface area (Å²) in [4.78, 5) is 54.0. The number of carbonyl (C=O) groups excluding carboxylic acids is 3. The number of aliphatic carboxylic acids is 1. The molecule has 1 aromatic rings. The number of hydrogen-bond donors (Lipinski definition) is 1. The molecule has 12 atom stereocenters. The summed E-state index contributed by atoms with van der Waals surface area (Å²) in [6, 6.07) is 9.11. The summed E-state index contributed by atoms with van der Waals surface area (Å²) in [6.07, 6.45) is 1.05. The number of carbonyl (C=O) groups is 4. The Balaban J connectivity index is 1.33. The minimum atomic E-state index is -1.48. The second-order valence-electron chi connectivity index (χ2n) is 16.2. The highest BCUT2D eigenvalue weighted by molar-refractivity contribution is 5.90. The zero-order valence-electron chi connectivity index (χ0n) is 31.8. The van der Waals surface area contributed by atoms with E-state index in [4.69, 9.17) is 33.2 Å². The Morgan fingerprint density at radius 2 is 1.79 bits per heavy atom. The number of rotatable bonds is 16. The zero-order valence-corrected chi connectivity index (χ0v) is 31.8. The fraction of sp³-hybridized carbons (Fsp3) is 0.707. The SMILES string of the molecule is CCCCOCC(=O)O[C@H]1[C@H](OC(=O)OCc2ccccc2)[C@H](OCC23CC4C(C)CCC4C4(C=O)CC2C=C(C(C)C)C43C(=O)O)O[C@H](C)[C@H]1OC. The van der Waals surface area contributed by atoms with Crippen molar-refractivity contribution in [1.29, 1.82) is 0 Å². The molecule has 0 aromatic heterocycles. The van der Waals surface area contributed by atoms with Crippen molar-refractivity contribution in [3.8, 4) is 0 Å². The minimum absolute atomic E-state index is 0.0427. The average molecular weight is 741 g/mol. The summed E-state index contributed by atoms with van der Waals surface area (Å²) in [5.41, 5.74) is -2.01. The Kier molecular flexibility index (Phi) is 11.7. The normalized spacial score (nSPS) is 38.2. The van der Waals surface area contributed by atoms with E-state index in [9.17, 15) is 24.3 Å². The van der Waals surface area contributed by atoms with Crippen LogP contribution in [-0.4, -0.2) is 87.1 Å². The van der Waals surface area contributed by atoms with Crippen molar-refractivity contribution in [2.45, 2.75) is 110 Å². The molecule has 12 nitrogen and oxygen atoms in total. The molecule has 5 aliphatic rings. The van der Waals surface area contributed by atoms with Crippen LogP contribution in [0, 0.1) is 45.8 Å². The van der Waals surface area contributed by atoms with Gasteiger partial charge in [-0.15, -0.1) is 0 Å². The fourth-order valence-electron chi connectivity index (χ4n) is 11.0. The molecule has 3 saturated carbocycles. The molecule has 1 aromatic carbocycles. The van der Waals surface area contributed by atoms with Crippen molar-refractivity contribution in [1.82, 2.24) is 0 Å². The first-order valence-electron chi connectivity index (χ1n) is 19.3. The fourth-order valence-corrected chi connectivity index (χ4v) is 11.0. The van der Waals surface area contributed by atoms with Crippen molar-refractivity contribution in [3.63, 3.8) is 0 Å². The Hall–Kier alpha value is -3.32. The lowest BCUT2D eigenvalue weighted by Crippen LogP contribution is -2.65. The standard InChI is InChI=1S/C41H56O12/c1-7-8-16-48-21-32(43)52-34-33(47-6)26(5)51-36(35(34)53-38(46)49-20-27-12-10-9-11-13-27)50-23-40-19-29-25(4)14-15-30(29)39(22-42)18-28(40)17-31(24(2)3)41(39,40)37(44)45/h9-13,17,22,24-26,28-30,33-36H,7-8,14-16,18-21,23H2,1-6H3,(H,44,45)/t25?,26-,28?,29?,30?,33-,34-,35+,36-,39?,40?,41?/m1/s1. The number of hydrogen-bond acceptors (Lipinski definition) is 11. The topological polar surface area (TPSA) is 153 Å². The first kappa shape index (κ1) is 39.4. The van der Waals surface area contributed by atoms with Crippen molar-refractivity contribution < 1.29 is 57.4 Å². The molecule has 4 aliphatic carbocycles. The summed E-state index contributed by atoms with van der Waals surface area (Å²) in [7, 11) is 1.44. The second kappa shape index (κ2) is 15.8. The van der Waals surface area contributed by atoms with Crippen molar-refractivity contribution in [3.05, 3.63) is 47.5 Å². The van der Waals surface area contributed by atoms with E-state index in [2.05, 4.69) is 13.0 Å². The Morgan fingerprint density at radius 3 is 2.45 bits per heavy atom. The van der Waals surface area contributed by atoms with Gasteiger partial charge in [0, 0.05) is 19.1 Å². The van der Waals surface area contributed by atoms with Crippen LogP contribution in [0.4, 0.5) is 4.79 Å². The van der Waals surface area contributed by atoms with Crippen LogP contribution in [0.5, 0.6) is 0 Å². The third kappa shape index (κ3) is 6.51. The number of esters is 1. The highest BCUT2D eigenvalue weighted by Gasteiger charge is 2.84. The number of carboxylic acids is 1. The third-order valence-corrected chi connectivity index (χ3v) is 13.2. The first-order valence-corrected chi connectivity index (χ1v) is 19.3. The molecule has 0 spiro atoms. The summed E-state index contributed by atoms with van der Waals surface area (Å²) in [5, 5.41) is 11.4. The van der Waals surface area contributed by atoms with E-state index in [1.54, 1.807) is 19.1 Å². The number of unbranched alkanes of at least 4 members (excludes halogenated alkanes) is 1. The van der Waals surface area contributed by atoms with Gasteiger partial charge in [-0.05, 0) is 67.8 Å². The Bertz CT molecular complexity index is 1530. The summed E-state index contributed by atoms with van der Waals surface area (Å²) >= 11 is 0. The van der Waals surface area contributed by atoms with Gasteiger partial charge in [-0.3, -0.25) is 4.79 Å². The van der Waals surface area contributed by atoms with Gasteiger partial charge < -0.3 is 43.1 Å². The van der Waals surface area contributed by atoms with E-state index < -0.39 is 65.0 Å². The van der Waals surface area contributed by atoms with E-state index in [0.29, 0.717) is 25.4 Å². The Labute approximate surface area is 312 Å². The maximum atomic E-state index is 14.0. The van der Waals surface area contributed by atoms with Crippen LogP contribution in [0.3, 0.4) is 0 Å². The van der Waals surface area contributed by atoms with Gasteiger partial charge in [0.25, 0.3) is 0 Å². The maximum Gasteiger partial charge on any atom is 0.509 e. The second-order valence-corrected chi connectivity index (χ2v) is 16.2. The van der Waals surface area contributed by atoms with Crippen molar-refractivity contribution >= 4 is 24.4 Å². The molecule has 1 aliphatic heterocycles. The van der Waals surface area contributed by atoms with Crippen LogP contribution >= 0.6 is 0 Å². The van der Waals surface area contributed by atoms with Crippen LogP contribution in [0.1, 0.15) is 78.7 Å². The summed E-state index contributed by atoms with van der Waals surface area (Å²) < 4.78 is 41.7. The van der Waals surface area contributed by atoms with Gasteiger partial charge in [-0.2, -0.15) is 0 Å². The van der Waals surface area contributed by atoms with E-state index in [-0.39, 0.29) is 43.5 Å². The van der Waals surface area contributed by atoms with Crippen LogP contribution in [0.15, 0.2) is 42.0 Å². The molecular formula is C41H56O12. The lowest BCUT2D eigenvalue weighted by atomic mass is 9.43. The molecule has 292 valence electrons. The van der Waals surface area contributed by atoms with Crippen LogP contribution < -0.4 is 0 Å². The number of fused-ring (bicyclic) bond motifs is 2. The molecule has 0 amide bonds. The summed E-state index contributed by atoms with van der Waals surface area (Å²) in [5.74, 6) is -1.61. The van der Waals surface area contributed by atoms with Crippen LogP contribution in [-0.2, 0) is 54.1 Å². The number of methoxy groups -OCH3 is 1. The van der Waals surface area contributed by atoms with E-state index in [0.717, 1.165) is 43.1 Å². The molecule has 1 saturated heterocycles. The summed E-state index contributed by atoms with van der Waals surface area (Å²) in [6.45, 7) is 9.84. The molecule has 6 rings (SSSR count). The molecular weight excluding hydrogens is 684 g/mol. The predicted molar refractivity (Wildman–Crippen MR) is 190 cm³/mol. The lowest BCUT2D eigenvalue weighted by Gasteiger charge is -2.58. The number of allylic oxidation sites excluding steroid dienone is 1. The largest absolute Gasteiger partial charge is 0.509 e. The minimum Gasteiger partial charge on any atom is -0.481 e. The molecule has 1 heterocycles. The monoisotopic (exact) mass is 740 g/mol. The van der Waals surface area contributed by atoms with Crippen LogP contribution in [0.25, 0.3) is 0 Å². The molecule has 0 radical (unpaired) electrons. The van der Waals surface area contributed by atoms with Crippen molar-refractivity contribution in [2.24, 2.45) is 45.8 Å². The van der Waals surface area contributed by atoms with Gasteiger partial charge >= 0.3 is 18.1 Å². The number of benzene rings is 1. The highest BCUT2D eigenvalue weighted by atomic mass is 16.8. The van der Waals surface area contributed by atoms with Gasteiger partial charge in [0.1, 0.15) is 31.0 Å². The quantitative estimate of drug-likeness (QED) is 0.0897. The van der Waals surface area contributed by atoms with E-state index in [1.165, 1.54) is 7.11 Å². The third-order valence-electron chi connectivity index (χ3n) is 13.2. The highest BCUT2D eigenvalue weighted by Crippen LogP contribution is 2.82. The van der Waals surface area contributed by atoms with Gasteiger partial charge in [0.05, 0.1) is 18.1 Å². The van der Waals surface area contributed by atoms with Gasteiger partial charge in [0.2, 0.25) is 0 Å². The smallest absolute Gasteiger partial charge is 0.481 e. The molecule has 7 unspecified atom stereocenters. The first-order chi connectivity index (χ1) is 25.4. The number of aldehydes is 1. The molecule has 4 fully saturated rings. The maximum absolute atomic E-state index is 14.0. The van der Waals surface area contributed by atoms with Gasteiger partial charge in [0.15, 0.2) is 18.5 Å². The van der Waals surface area contributed by atoms with E-state index >= 15 is 0 Å². The zero-order chi connectivity index (χ0) is 38.1. The molecule has 1 N–H and O–H groups in total. The Morgan fingerprint density at radius 1 is 1.04 bits per heavy atom. The van der Waals surface area contributed by atoms with Gasteiger partial charge in [-0.1, -0.05) is 82.5 Å². The van der Waals surface area contributed by atoms with Crippen molar-refractivity contribution in [2.75, 3.05) is 26.9 Å². The average Bonchev–Trinajstić information content (AvgIpc) is 3.71. The van der Waals surface area contributed by atoms with E-state index in [1.807, 2.05) is 39.0 Å². The van der Waals surface area contributed by atoms with Gasteiger partial charge in [-0.25, -0.2) is 9.59 Å². The number of carboxylic acid groups (broad SMARTS) is 1. The molecule has 53 heavy (non-hydrogen) atoms. The predicted octanol–water partition coefficient (Wildman–Crippen LogP) is 6.14.